The van der Waals surface area contributed by atoms with Crippen LogP contribution in [0.4, 0.5) is 14.9 Å². The summed E-state index contributed by atoms with van der Waals surface area (Å²) < 4.78 is 19.9. The van der Waals surface area contributed by atoms with Crippen molar-refractivity contribution < 1.29 is 23.6 Å². The van der Waals surface area contributed by atoms with E-state index >= 15 is 0 Å². The van der Waals surface area contributed by atoms with E-state index in [1.807, 2.05) is 0 Å². The fourth-order valence-corrected chi connectivity index (χ4v) is 2.45. The second kappa shape index (κ2) is 8.64. The number of carbonyl (C=O) groups is 2. The van der Waals surface area contributed by atoms with Gasteiger partial charge in [0.2, 0.25) is 6.41 Å². The number of hydroxylamine groups is 1. The number of carbonyl (C=O) groups excluding carboxylic acids is 2. The topological polar surface area (TPSA) is 67.9 Å². The van der Waals surface area contributed by atoms with Crippen molar-refractivity contribution in [3.05, 3.63) is 53.8 Å². The number of halogens is 1. The molecule has 2 amide bonds. The molecule has 0 aliphatic heterocycles. The second-order valence-electron chi connectivity index (χ2n) is 6.90. The Bertz CT molecular complexity index is 801. The molecule has 0 atom stereocenters. The largest absolute Gasteiger partial charge is 0.443 e. The Morgan fingerprint density at radius 2 is 1.85 bits per heavy atom. The van der Waals surface area contributed by atoms with Crippen molar-refractivity contribution >= 4 is 18.2 Å². The monoisotopic (exact) mass is 374 g/mol. The van der Waals surface area contributed by atoms with Gasteiger partial charge in [-0.15, -0.1) is 0 Å². The maximum atomic E-state index is 14.6. The van der Waals surface area contributed by atoms with Crippen molar-refractivity contribution in [3.8, 4) is 11.1 Å². The number of hydrogen-bond donors (Lipinski definition) is 1. The lowest BCUT2D eigenvalue weighted by atomic mass is 10.0. The minimum atomic E-state index is -0.687. The second-order valence-corrected chi connectivity index (χ2v) is 6.90. The van der Waals surface area contributed by atoms with Crippen molar-refractivity contribution in [1.29, 1.82) is 0 Å². The minimum Gasteiger partial charge on any atom is -0.443 e. The lowest BCUT2D eigenvalue weighted by molar-refractivity contribution is -0.121. The van der Waals surface area contributed by atoms with Crippen LogP contribution in [-0.2, 0) is 21.0 Å². The summed E-state index contributed by atoms with van der Waals surface area (Å²) in [5.74, 6) is -0.525. The fraction of sp³-hybridized carbons (Fsp3) is 0.300. The van der Waals surface area contributed by atoms with Gasteiger partial charge in [0.1, 0.15) is 11.4 Å². The molecule has 0 spiro atoms. The molecule has 2 aromatic rings. The highest BCUT2D eigenvalue weighted by Crippen LogP contribution is 2.33. The number of rotatable bonds is 6. The molecule has 7 heteroatoms. The molecule has 0 bridgehead atoms. The van der Waals surface area contributed by atoms with E-state index < -0.39 is 17.5 Å². The Balaban J connectivity index is 2.31. The van der Waals surface area contributed by atoms with E-state index in [0.29, 0.717) is 12.0 Å². The standard InChI is InChI=1S/C20H23FN2O4/c1-20(2,3)27-19(25)23(4)18-16(6-5-7-17(18)21)15-10-8-14(9-11-15)12-26-22-13-24/h5-11,13H,12H2,1-4H3,(H,22,24). The Kier molecular flexibility index (Phi) is 6.52. The summed E-state index contributed by atoms with van der Waals surface area (Å²) >= 11 is 0. The molecular weight excluding hydrogens is 351 g/mol. The Labute approximate surface area is 157 Å². The fourth-order valence-electron chi connectivity index (χ4n) is 2.45. The highest BCUT2D eigenvalue weighted by atomic mass is 19.1. The zero-order valence-corrected chi connectivity index (χ0v) is 15.8. The van der Waals surface area contributed by atoms with E-state index in [9.17, 15) is 14.0 Å². The predicted octanol–water partition coefficient (Wildman–Crippen LogP) is 4.04. The van der Waals surface area contributed by atoms with Crippen LogP contribution in [0.15, 0.2) is 42.5 Å². The quantitative estimate of drug-likeness (QED) is 0.471. The van der Waals surface area contributed by atoms with Gasteiger partial charge >= 0.3 is 6.09 Å². The Morgan fingerprint density at radius 1 is 1.19 bits per heavy atom. The zero-order chi connectivity index (χ0) is 20.0. The summed E-state index contributed by atoms with van der Waals surface area (Å²) in [5, 5.41) is 0. The van der Waals surface area contributed by atoms with E-state index in [4.69, 9.17) is 9.57 Å². The Hall–Kier alpha value is -2.93. The number of benzene rings is 2. The van der Waals surface area contributed by atoms with Crippen molar-refractivity contribution in [1.82, 2.24) is 5.48 Å². The molecular formula is C20H23FN2O4. The van der Waals surface area contributed by atoms with Gasteiger partial charge in [-0.2, -0.15) is 0 Å². The molecule has 2 rings (SSSR count). The van der Waals surface area contributed by atoms with E-state index in [1.165, 1.54) is 18.0 Å². The smallest absolute Gasteiger partial charge is 0.414 e. The van der Waals surface area contributed by atoms with Crippen molar-refractivity contribution in [2.45, 2.75) is 33.0 Å². The molecule has 0 saturated carbocycles. The summed E-state index contributed by atoms with van der Waals surface area (Å²) in [6.45, 7) is 5.46. The van der Waals surface area contributed by atoms with Crippen LogP contribution in [0.25, 0.3) is 11.1 Å². The van der Waals surface area contributed by atoms with Gasteiger partial charge in [-0.05, 0) is 38.0 Å². The number of nitrogens with zero attached hydrogens (tertiary/aromatic N) is 1. The highest BCUT2D eigenvalue weighted by molar-refractivity contribution is 5.93. The first-order valence-corrected chi connectivity index (χ1v) is 8.38. The summed E-state index contributed by atoms with van der Waals surface area (Å²) in [4.78, 5) is 28.7. The van der Waals surface area contributed by atoms with E-state index in [1.54, 1.807) is 57.2 Å². The third-order valence-electron chi connectivity index (χ3n) is 3.62. The third kappa shape index (κ3) is 5.52. The van der Waals surface area contributed by atoms with Gasteiger partial charge in [-0.1, -0.05) is 36.4 Å². The molecule has 0 fully saturated rings. The average Bonchev–Trinajstić information content (AvgIpc) is 2.60. The van der Waals surface area contributed by atoms with E-state index in [0.717, 1.165) is 11.1 Å². The number of anilines is 1. The minimum absolute atomic E-state index is 0.137. The number of hydrogen-bond acceptors (Lipinski definition) is 4. The highest BCUT2D eigenvalue weighted by Gasteiger charge is 2.24. The van der Waals surface area contributed by atoms with Crippen LogP contribution >= 0.6 is 0 Å². The molecule has 27 heavy (non-hydrogen) atoms. The molecule has 144 valence electrons. The van der Waals surface area contributed by atoms with Gasteiger partial charge < -0.3 is 4.74 Å². The SMILES string of the molecule is CN(C(=O)OC(C)(C)C)c1c(F)cccc1-c1ccc(CONC=O)cc1. The molecule has 0 aromatic heterocycles. The van der Waals surface area contributed by atoms with Crippen LogP contribution in [0, 0.1) is 5.82 Å². The molecule has 6 nitrogen and oxygen atoms in total. The maximum Gasteiger partial charge on any atom is 0.414 e. The summed E-state index contributed by atoms with van der Waals surface area (Å²) in [5.41, 5.74) is 3.68. The number of nitrogens with one attached hydrogen (secondary N) is 1. The van der Waals surface area contributed by atoms with Crippen LogP contribution in [0.3, 0.4) is 0 Å². The predicted molar refractivity (Wildman–Crippen MR) is 100 cm³/mol. The lowest BCUT2D eigenvalue weighted by Crippen LogP contribution is -2.34. The van der Waals surface area contributed by atoms with Crippen LogP contribution in [0.5, 0.6) is 0 Å². The van der Waals surface area contributed by atoms with E-state index in [2.05, 4.69) is 5.48 Å². The number of ether oxygens (including phenoxy) is 1. The molecule has 0 saturated heterocycles. The number of amides is 2. The molecule has 1 N–H and O–H groups in total. The van der Waals surface area contributed by atoms with Gasteiger partial charge in [0, 0.05) is 12.6 Å². The van der Waals surface area contributed by atoms with Gasteiger partial charge in [0.25, 0.3) is 0 Å². The third-order valence-corrected chi connectivity index (χ3v) is 3.62. The van der Waals surface area contributed by atoms with Crippen molar-refractivity contribution in [2.24, 2.45) is 0 Å². The zero-order valence-electron chi connectivity index (χ0n) is 15.8. The summed E-state index contributed by atoms with van der Waals surface area (Å²) in [6, 6.07) is 11.8. The first-order valence-electron chi connectivity index (χ1n) is 8.38. The molecule has 0 aliphatic rings. The molecule has 0 aliphatic carbocycles. The van der Waals surface area contributed by atoms with Crippen molar-refractivity contribution in [3.63, 3.8) is 0 Å². The average molecular weight is 374 g/mol. The maximum absolute atomic E-state index is 14.6. The van der Waals surface area contributed by atoms with Crippen molar-refractivity contribution in [2.75, 3.05) is 11.9 Å². The molecule has 0 radical (unpaired) electrons. The summed E-state index contributed by atoms with van der Waals surface area (Å²) in [7, 11) is 1.48. The van der Waals surface area contributed by atoms with Gasteiger partial charge in [-0.3, -0.25) is 14.5 Å². The van der Waals surface area contributed by atoms with Crippen LogP contribution in [0.1, 0.15) is 26.3 Å². The molecule has 0 heterocycles. The molecule has 2 aromatic carbocycles. The summed E-state index contributed by atoms with van der Waals surface area (Å²) in [6.07, 6.45) is -0.196. The van der Waals surface area contributed by atoms with Gasteiger partial charge in [0.15, 0.2) is 0 Å². The van der Waals surface area contributed by atoms with Crippen LogP contribution in [-0.4, -0.2) is 25.2 Å². The van der Waals surface area contributed by atoms with Crippen LogP contribution < -0.4 is 10.4 Å². The number of para-hydroxylation sites is 1. The molecule has 0 unspecified atom stereocenters. The van der Waals surface area contributed by atoms with E-state index in [-0.39, 0.29) is 12.3 Å². The van der Waals surface area contributed by atoms with Crippen LogP contribution in [0.2, 0.25) is 0 Å². The Morgan fingerprint density at radius 3 is 2.44 bits per heavy atom. The van der Waals surface area contributed by atoms with Gasteiger partial charge in [0.05, 0.1) is 12.3 Å². The normalized spacial score (nSPS) is 11.0. The van der Waals surface area contributed by atoms with Gasteiger partial charge in [-0.25, -0.2) is 14.7 Å². The first kappa shape index (κ1) is 20.4. The lowest BCUT2D eigenvalue weighted by Gasteiger charge is -2.26. The first-order chi connectivity index (χ1) is 12.7.